The van der Waals surface area contributed by atoms with E-state index in [0.29, 0.717) is 17.8 Å². The van der Waals surface area contributed by atoms with Crippen molar-refractivity contribution < 1.29 is 0 Å². The monoisotopic (exact) mass is 482 g/mol. The molecule has 0 heterocycles. The van der Waals surface area contributed by atoms with Crippen molar-refractivity contribution in [1.29, 1.82) is 0 Å². The molecular weight excluding hydrogens is 439 g/mol. The van der Waals surface area contributed by atoms with Gasteiger partial charge in [0.2, 0.25) is 0 Å². The zero-order valence-corrected chi connectivity index (χ0v) is 24.0. The molecule has 0 spiro atoms. The molecule has 0 aliphatic rings. The Morgan fingerprint density at radius 2 is 1.31 bits per heavy atom. The van der Waals surface area contributed by atoms with Gasteiger partial charge in [0, 0.05) is 11.9 Å². The molecule has 0 saturated carbocycles. The van der Waals surface area contributed by atoms with Crippen molar-refractivity contribution in [3.05, 3.63) is 94.5 Å². The number of benzene rings is 3. The van der Waals surface area contributed by atoms with Gasteiger partial charge in [0.15, 0.2) is 0 Å². The van der Waals surface area contributed by atoms with E-state index in [9.17, 15) is 0 Å². The highest BCUT2D eigenvalue weighted by molar-refractivity contribution is 6.62. The van der Waals surface area contributed by atoms with Gasteiger partial charge in [-0.05, 0) is 58.1 Å². The topological polar surface area (TPSA) is 24.4 Å². The van der Waals surface area contributed by atoms with Crippen LogP contribution in [0.25, 0.3) is 0 Å². The molecule has 184 valence electrons. The number of hydrogen-bond donors (Lipinski definition) is 1. The second-order valence-electron chi connectivity index (χ2n) is 10.6. The maximum atomic E-state index is 4.91. The Kier molecular flexibility index (Phi) is 10.2. The van der Waals surface area contributed by atoms with Crippen molar-refractivity contribution in [2.45, 2.75) is 83.2 Å². The molecule has 0 aliphatic carbocycles. The van der Waals surface area contributed by atoms with Crippen LogP contribution in [0.4, 0.5) is 11.4 Å². The summed E-state index contributed by atoms with van der Waals surface area (Å²) in [6.45, 7) is 16.0. The zero-order chi connectivity index (χ0) is 25.4. The SMILES string of the molecule is C[CH2][Al]([CH2]Cc1ccccc1C=Nc1ccccc1C(C)C)[NH]c1c(C(C)C)cccc1C(C)C. The fourth-order valence-electron chi connectivity index (χ4n) is 4.75. The summed E-state index contributed by atoms with van der Waals surface area (Å²) in [7, 11) is 0. The van der Waals surface area contributed by atoms with E-state index in [1.807, 2.05) is 0 Å². The minimum absolute atomic E-state index is 0.463. The van der Waals surface area contributed by atoms with Gasteiger partial charge in [-0.2, -0.15) is 0 Å². The van der Waals surface area contributed by atoms with E-state index < -0.39 is 14.4 Å². The van der Waals surface area contributed by atoms with Crippen LogP contribution >= 0.6 is 0 Å². The molecule has 3 aromatic rings. The van der Waals surface area contributed by atoms with Gasteiger partial charge in [0.1, 0.15) is 0 Å². The van der Waals surface area contributed by atoms with Crippen LogP contribution in [0.15, 0.2) is 71.7 Å². The average Bonchev–Trinajstić information content (AvgIpc) is 2.85. The Balaban J connectivity index is 1.79. The summed E-state index contributed by atoms with van der Waals surface area (Å²) in [5.74, 6) is 1.51. The Bertz CT molecular complexity index is 1090. The third-order valence-corrected chi connectivity index (χ3v) is 9.60. The second-order valence-corrected chi connectivity index (χ2v) is 13.7. The van der Waals surface area contributed by atoms with Crippen molar-refractivity contribution in [2.24, 2.45) is 4.99 Å². The summed E-state index contributed by atoms with van der Waals surface area (Å²) in [6.07, 6.45) is 3.16. The van der Waals surface area contributed by atoms with Gasteiger partial charge in [-0.25, -0.2) is 0 Å². The average molecular weight is 483 g/mol. The van der Waals surface area contributed by atoms with Gasteiger partial charge in [-0.1, -0.05) is 120 Å². The summed E-state index contributed by atoms with van der Waals surface area (Å²) >= 11 is -1.16. The molecule has 0 amide bonds. The predicted octanol–water partition coefficient (Wildman–Crippen LogP) is 9.47. The van der Waals surface area contributed by atoms with Gasteiger partial charge in [0.25, 0.3) is 0 Å². The fourth-order valence-corrected chi connectivity index (χ4v) is 6.91. The van der Waals surface area contributed by atoms with Crippen molar-refractivity contribution in [3.63, 3.8) is 0 Å². The van der Waals surface area contributed by atoms with E-state index >= 15 is 0 Å². The number of aryl methyl sites for hydroxylation is 1. The molecular formula is C32H43AlN2. The van der Waals surface area contributed by atoms with E-state index in [1.165, 1.54) is 44.1 Å². The number of aliphatic imine (C=N–C) groups is 1. The Hall–Kier alpha value is -2.34. The summed E-state index contributed by atoms with van der Waals surface area (Å²) in [4.78, 5) is 4.91. The lowest BCUT2D eigenvalue weighted by molar-refractivity contribution is 0.839. The summed E-state index contributed by atoms with van der Waals surface area (Å²) in [6, 6.07) is 24.1. The Morgan fingerprint density at radius 1 is 0.743 bits per heavy atom. The smallest absolute Gasteiger partial charge is 0.411 e. The van der Waals surface area contributed by atoms with Crippen LogP contribution in [0.1, 0.15) is 94.0 Å². The Labute approximate surface area is 218 Å². The first-order valence-corrected chi connectivity index (χ1v) is 15.6. The van der Waals surface area contributed by atoms with Gasteiger partial charge >= 0.3 is 14.4 Å². The summed E-state index contributed by atoms with van der Waals surface area (Å²) in [5.41, 5.74) is 9.33. The molecule has 3 heteroatoms. The maximum absolute atomic E-state index is 4.91. The van der Waals surface area contributed by atoms with Crippen molar-refractivity contribution in [3.8, 4) is 0 Å². The first kappa shape index (κ1) is 27.3. The van der Waals surface area contributed by atoms with Crippen LogP contribution in [0.2, 0.25) is 10.6 Å². The van der Waals surface area contributed by atoms with Crippen molar-refractivity contribution in [1.82, 2.24) is 0 Å². The van der Waals surface area contributed by atoms with E-state index in [0.717, 1.165) is 12.1 Å². The molecule has 35 heavy (non-hydrogen) atoms. The van der Waals surface area contributed by atoms with Crippen LogP contribution in [0.3, 0.4) is 0 Å². The number of rotatable bonds is 11. The molecule has 0 aliphatic heterocycles. The molecule has 0 atom stereocenters. The fraction of sp³-hybridized carbons (Fsp3) is 0.406. The van der Waals surface area contributed by atoms with Gasteiger partial charge in [0.05, 0.1) is 5.69 Å². The number of nitrogens with one attached hydrogen (secondary N) is 1. The van der Waals surface area contributed by atoms with E-state index in [2.05, 4.69) is 126 Å². The normalized spacial score (nSPS) is 11.7. The minimum atomic E-state index is -1.16. The standard InChI is InChI=1S/C18H20N.C12H18N.C2H5.Al/c1-4-15-9-5-6-10-16(15)13-19-18-12-8-7-11-17(18)14(2)3;1-8(2)10-6-5-7-11(9(3)4)12(10)13;1-2;/h5-14H,1,4H2,2-3H3;5-9,13H,1-4H3;1H2,2H3;/q;-1;;+1. The molecule has 0 bridgehead atoms. The molecule has 0 radical (unpaired) electrons. The lowest BCUT2D eigenvalue weighted by atomic mass is 9.93. The van der Waals surface area contributed by atoms with Crippen LogP contribution in [0, 0.1) is 0 Å². The largest absolute Gasteiger partial charge is 0.476 e. The molecule has 0 saturated heterocycles. The van der Waals surface area contributed by atoms with Gasteiger partial charge in [-0.3, -0.25) is 4.99 Å². The number of para-hydroxylation sites is 2. The van der Waals surface area contributed by atoms with E-state index in [4.69, 9.17) is 4.99 Å². The van der Waals surface area contributed by atoms with Crippen LogP contribution < -0.4 is 4.30 Å². The van der Waals surface area contributed by atoms with Crippen LogP contribution in [-0.2, 0) is 6.42 Å². The van der Waals surface area contributed by atoms with Gasteiger partial charge < -0.3 is 4.30 Å². The third kappa shape index (κ3) is 7.33. The minimum Gasteiger partial charge on any atom is -0.476 e. The van der Waals surface area contributed by atoms with Gasteiger partial charge in [-0.15, -0.1) is 0 Å². The van der Waals surface area contributed by atoms with E-state index in [-0.39, 0.29) is 0 Å². The Morgan fingerprint density at radius 3 is 1.94 bits per heavy atom. The molecule has 3 aromatic carbocycles. The van der Waals surface area contributed by atoms with E-state index in [1.54, 1.807) is 0 Å². The molecule has 3 rings (SSSR count). The molecule has 0 unspecified atom stereocenters. The summed E-state index contributed by atoms with van der Waals surface area (Å²) in [5, 5.41) is 2.47. The second kappa shape index (κ2) is 13.1. The van der Waals surface area contributed by atoms with Crippen molar-refractivity contribution in [2.75, 3.05) is 4.30 Å². The number of nitrogens with zero attached hydrogens (tertiary/aromatic N) is 1. The summed E-state index contributed by atoms with van der Waals surface area (Å²) < 4.78 is 4.10. The molecule has 0 aromatic heterocycles. The maximum Gasteiger partial charge on any atom is 0.411 e. The first-order valence-electron chi connectivity index (χ1n) is 13.4. The number of hydrogen-bond acceptors (Lipinski definition) is 2. The third-order valence-electron chi connectivity index (χ3n) is 6.93. The highest BCUT2D eigenvalue weighted by atomic mass is 27.2. The van der Waals surface area contributed by atoms with Crippen LogP contribution in [-0.4, -0.2) is 20.6 Å². The predicted molar refractivity (Wildman–Crippen MR) is 157 cm³/mol. The quantitative estimate of drug-likeness (QED) is 0.213. The molecule has 0 fully saturated rings. The zero-order valence-electron chi connectivity index (χ0n) is 22.8. The number of anilines is 1. The lowest BCUT2D eigenvalue weighted by Gasteiger charge is -2.24. The highest BCUT2D eigenvalue weighted by Crippen LogP contribution is 2.33. The van der Waals surface area contributed by atoms with Crippen LogP contribution in [0.5, 0.6) is 0 Å². The highest BCUT2D eigenvalue weighted by Gasteiger charge is 2.22. The first-order chi connectivity index (χ1) is 16.8. The molecule has 1 N–H and O–H groups in total. The lowest BCUT2D eigenvalue weighted by Crippen LogP contribution is -2.26. The van der Waals surface area contributed by atoms with Crippen molar-refractivity contribution >= 4 is 32.0 Å². The molecule has 2 nitrogen and oxygen atoms in total.